The smallest absolute Gasteiger partial charge is 0.257 e. The Labute approximate surface area is 192 Å². The Morgan fingerprint density at radius 3 is 2.36 bits per heavy atom. The van der Waals surface area contributed by atoms with Crippen molar-refractivity contribution in [3.63, 3.8) is 0 Å². The largest absolute Gasteiger partial charge is 0.488 e. The van der Waals surface area contributed by atoms with Gasteiger partial charge in [-0.25, -0.2) is 0 Å². The van der Waals surface area contributed by atoms with Gasteiger partial charge in [-0.2, -0.15) is 0 Å². The Morgan fingerprint density at radius 1 is 1.00 bits per heavy atom. The summed E-state index contributed by atoms with van der Waals surface area (Å²) in [6.45, 7) is 6.92. The van der Waals surface area contributed by atoms with E-state index in [1.807, 2.05) is 67.3 Å². The molecule has 1 amide bonds. The summed E-state index contributed by atoms with van der Waals surface area (Å²) >= 11 is 0. The number of amides is 1. The fraction of sp³-hybridized carbons (Fsp3) is 0.269. The highest BCUT2D eigenvalue weighted by atomic mass is 16.5. The van der Waals surface area contributed by atoms with Crippen molar-refractivity contribution in [2.75, 3.05) is 31.1 Å². The summed E-state index contributed by atoms with van der Waals surface area (Å²) in [7, 11) is 0. The van der Waals surface area contributed by atoms with Crippen molar-refractivity contribution < 1.29 is 14.1 Å². The van der Waals surface area contributed by atoms with E-state index < -0.39 is 0 Å². The van der Waals surface area contributed by atoms with E-state index in [2.05, 4.69) is 15.0 Å². The number of hydrogen-bond acceptors (Lipinski definition) is 6. The third-order valence-electron chi connectivity index (χ3n) is 6.23. The molecular weight excluding hydrogens is 416 g/mol. The second-order valence-electron chi connectivity index (χ2n) is 8.27. The van der Waals surface area contributed by atoms with Gasteiger partial charge in [0.1, 0.15) is 18.1 Å². The van der Waals surface area contributed by atoms with Crippen molar-refractivity contribution in [3.8, 4) is 5.75 Å². The SMILES string of the molecule is Cc1noc(C)c1COc1cc2ccccc2cc1C(=O)N1CCN(c2ccncc2)CC1. The van der Waals surface area contributed by atoms with Gasteiger partial charge in [0.05, 0.1) is 16.8 Å². The molecule has 1 fully saturated rings. The lowest BCUT2D eigenvalue weighted by Crippen LogP contribution is -2.48. The fourth-order valence-corrected chi connectivity index (χ4v) is 4.26. The van der Waals surface area contributed by atoms with E-state index in [0.717, 1.165) is 46.6 Å². The molecule has 0 unspecified atom stereocenters. The molecule has 1 aliphatic heterocycles. The summed E-state index contributed by atoms with van der Waals surface area (Å²) in [5.74, 6) is 1.30. The minimum absolute atomic E-state index is 0.0103. The van der Waals surface area contributed by atoms with E-state index in [1.54, 1.807) is 12.4 Å². The predicted molar refractivity (Wildman–Crippen MR) is 127 cm³/mol. The zero-order valence-electron chi connectivity index (χ0n) is 18.8. The van der Waals surface area contributed by atoms with Crippen LogP contribution in [0.5, 0.6) is 5.75 Å². The van der Waals surface area contributed by atoms with Crippen LogP contribution in [0.15, 0.2) is 65.4 Å². The number of ether oxygens (including phenoxy) is 1. The minimum atomic E-state index is -0.0103. The molecule has 2 aromatic heterocycles. The van der Waals surface area contributed by atoms with Crippen LogP contribution in [0.2, 0.25) is 0 Å². The Morgan fingerprint density at radius 2 is 1.70 bits per heavy atom. The molecule has 0 N–H and O–H groups in total. The molecule has 168 valence electrons. The average Bonchev–Trinajstić information content (AvgIpc) is 3.19. The first kappa shape index (κ1) is 21.0. The predicted octanol–water partition coefficient (Wildman–Crippen LogP) is 4.38. The number of carbonyl (C=O) groups excluding carboxylic acids is 1. The monoisotopic (exact) mass is 442 g/mol. The van der Waals surface area contributed by atoms with E-state index in [9.17, 15) is 4.79 Å². The molecule has 0 atom stereocenters. The second kappa shape index (κ2) is 8.94. The van der Waals surface area contributed by atoms with Crippen molar-refractivity contribution in [2.24, 2.45) is 0 Å². The maximum absolute atomic E-state index is 13.6. The first-order valence-electron chi connectivity index (χ1n) is 11.1. The van der Waals surface area contributed by atoms with Gasteiger partial charge in [-0.05, 0) is 48.9 Å². The molecule has 0 radical (unpaired) electrons. The third kappa shape index (κ3) is 4.26. The maximum atomic E-state index is 13.6. The topological polar surface area (TPSA) is 71.7 Å². The molecule has 5 rings (SSSR count). The maximum Gasteiger partial charge on any atom is 0.257 e. The first-order chi connectivity index (χ1) is 16.1. The molecule has 2 aromatic carbocycles. The molecule has 0 saturated carbocycles. The number of fused-ring (bicyclic) bond motifs is 1. The molecule has 7 nitrogen and oxygen atoms in total. The van der Waals surface area contributed by atoms with Crippen LogP contribution in [-0.2, 0) is 6.61 Å². The second-order valence-corrected chi connectivity index (χ2v) is 8.27. The van der Waals surface area contributed by atoms with Crippen LogP contribution in [0.1, 0.15) is 27.4 Å². The lowest BCUT2D eigenvalue weighted by Gasteiger charge is -2.36. The van der Waals surface area contributed by atoms with E-state index in [-0.39, 0.29) is 5.91 Å². The van der Waals surface area contributed by atoms with E-state index >= 15 is 0 Å². The zero-order valence-corrected chi connectivity index (χ0v) is 18.8. The lowest BCUT2D eigenvalue weighted by atomic mass is 10.0. The number of aromatic nitrogens is 2. The van der Waals surface area contributed by atoms with Gasteiger partial charge in [-0.15, -0.1) is 0 Å². The number of aryl methyl sites for hydroxylation is 2. The fourth-order valence-electron chi connectivity index (χ4n) is 4.26. The normalized spacial score (nSPS) is 14.0. The van der Waals surface area contributed by atoms with Gasteiger partial charge in [0.15, 0.2) is 0 Å². The van der Waals surface area contributed by atoms with Gasteiger partial charge in [0, 0.05) is 44.3 Å². The summed E-state index contributed by atoms with van der Waals surface area (Å²) in [6.07, 6.45) is 3.59. The molecule has 4 aromatic rings. The molecule has 33 heavy (non-hydrogen) atoms. The van der Waals surface area contributed by atoms with E-state index in [0.29, 0.717) is 31.0 Å². The van der Waals surface area contributed by atoms with Gasteiger partial charge in [0.25, 0.3) is 5.91 Å². The Balaban J connectivity index is 1.39. The molecule has 1 aliphatic rings. The molecule has 1 saturated heterocycles. The first-order valence-corrected chi connectivity index (χ1v) is 11.1. The molecular formula is C26H26N4O3. The van der Waals surface area contributed by atoms with Crippen LogP contribution >= 0.6 is 0 Å². The van der Waals surface area contributed by atoms with Gasteiger partial charge in [-0.1, -0.05) is 29.4 Å². The summed E-state index contributed by atoms with van der Waals surface area (Å²) in [5, 5.41) is 6.05. The Bertz CT molecular complexity index is 1260. The van der Waals surface area contributed by atoms with Crippen molar-refractivity contribution in [1.29, 1.82) is 0 Å². The van der Waals surface area contributed by atoms with Crippen LogP contribution in [-0.4, -0.2) is 47.1 Å². The Kier molecular flexibility index (Phi) is 5.69. The van der Waals surface area contributed by atoms with Crippen molar-refractivity contribution in [1.82, 2.24) is 15.0 Å². The van der Waals surface area contributed by atoms with Gasteiger partial charge in [-0.3, -0.25) is 9.78 Å². The Hall–Kier alpha value is -3.87. The molecule has 7 heteroatoms. The highest BCUT2D eigenvalue weighted by Gasteiger charge is 2.25. The number of rotatable bonds is 5. The van der Waals surface area contributed by atoms with Crippen LogP contribution in [0.25, 0.3) is 10.8 Å². The number of anilines is 1. The van der Waals surface area contributed by atoms with E-state index in [4.69, 9.17) is 9.26 Å². The van der Waals surface area contributed by atoms with Crippen LogP contribution in [0, 0.1) is 13.8 Å². The standard InChI is InChI=1S/C26H26N4O3/c1-18-24(19(2)33-28-18)17-32-25-16-21-6-4-3-5-20(21)15-23(25)26(31)30-13-11-29(12-14-30)22-7-9-27-10-8-22/h3-10,15-16H,11-14,17H2,1-2H3. The number of benzene rings is 2. The van der Waals surface area contributed by atoms with Gasteiger partial charge in [0.2, 0.25) is 0 Å². The van der Waals surface area contributed by atoms with Crippen LogP contribution in [0.4, 0.5) is 5.69 Å². The molecule has 3 heterocycles. The van der Waals surface area contributed by atoms with E-state index in [1.165, 1.54) is 0 Å². The zero-order chi connectivity index (χ0) is 22.8. The van der Waals surface area contributed by atoms with Crippen LogP contribution < -0.4 is 9.64 Å². The summed E-state index contributed by atoms with van der Waals surface area (Å²) in [4.78, 5) is 21.9. The number of nitrogens with zero attached hydrogens (tertiary/aromatic N) is 4. The van der Waals surface area contributed by atoms with Gasteiger partial charge < -0.3 is 19.1 Å². The summed E-state index contributed by atoms with van der Waals surface area (Å²) in [6, 6.07) is 15.9. The number of piperazine rings is 1. The molecule has 0 bridgehead atoms. The summed E-state index contributed by atoms with van der Waals surface area (Å²) in [5.41, 5.74) is 3.42. The van der Waals surface area contributed by atoms with Gasteiger partial charge >= 0.3 is 0 Å². The number of carbonyl (C=O) groups is 1. The van der Waals surface area contributed by atoms with Crippen molar-refractivity contribution in [3.05, 3.63) is 83.5 Å². The summed E-state index contributed by atoms with van der Waals surface area (Å²) < 4.78 is 11.4. The quantitative estimate of drug-likeness (QED) is 0.457. The highest BCUT2D eigenvalue weighted by Crippen LogP contribution is 2.29. The number of hydrogen-bond donors (Lipinski definition) is 0. The lowest BCUT2D eigenvalue weighted by molar-refractivity contribution is 0.0742. The van der Waals surface area contributed by atoms with Crippen LogP contribution in [0.3, 0.4) is 0 Å². The number of pyridine rings is 1. The van der Waals surface area contributed by atoms with Crippen molar-refractivity contribution >= 4 is 22.4 Å². The average molecular weight is 443 g/mol. The molecule has 0 aliphatic carbocycles. The molecule has 0 spiro atoms. The highest BCUT2D eigenvalue weighted by molar-refractivity contribution is 6.01. The third-order valence-corrected chi connectivity index (χ3v) is 6.23. The van der Waals surface area contributed by atoms with Crippen molar-refractivity contribution in [2.45, 2.75) is 20.5 Å². The minimum Gasteiger partial charge on any atom is -0.488 e.